The van der Waals surface area contributed by atoms with Crippen molar-refractivity contribution in [2.45, 2.75) is 19.4 Å². The van der Waals surface area contributed by atoms with Gasteiger partial charge < -0.3 is 9.84 Å². The predicted octanol–water partition coefficient (Wildman–Crippen LogP) is 1.58. The Morgan fingerprint density at radius 2 is 1.89 bits per heavy atom. The van der Waals surface area contributed by atoms with Crippen molar-refractivity contribution in [3.63, 3.8) is 0 Å². The van der Waals surface area contributed by atoms with E-state index in [0.717, 1.165) is 5.75 Å². The van der Waals surface area contributed by atoms with Crippen LogP contribution in [0.1, 0.15) is 24.2 Å². The number of ketones is 1. The number of Topliss-reactive ketones (excluding diaryl/α,β-unsaturated/α-hetero) is 1. The fourth-order valence-corrected chi connectivity index (χ4v) is 1.83. The van der Waals surface area contributed by atoms with Gasteiger partial charge in [0.15, 0.2) is 5.78 Å². The number of ether oxygens (including phenoxy) is 1. The van der Waals surface area contributed by atoms with Crippen LogP contribution in [-0.4, -0.2) is 48.6 Å². The molecule has 0 spiro atoms. The van der Waals surface area contributed by atoms with E-state index < -0.39 is 5.60 Å². The maximum Gasteiger partial charge on any atom is 0.176 e. The largest absolute Gasteiger partial charge is 0.497 e. The minimum atomic E-state index is -0.797. The van der Waals surface area contributed by atoms with Gasteiger partial charge in [-0.15, -0.1) is 0 Å². The summed E-state index contributed by atoms with van der Waals surface area (Å²) in [6.45, 7) is 4.19. The van der Waals surface area contributed by atoms with Gasteiger partial charge in [-0.2, -0.15) is 0 Å². The molecule has 0 amide bonds. The second-order valence-electron chi connectivity index (χ2n) is 5.14. The van der Waals surface area contributed by atoms with Crippen molar-refractivity contribution in [2.24, 2.45) is 0 Å². The van der Waals surface area contributed by atoms with Crippen LogP contribution >= 0.6 is 0 Å². The monoisotopic (exact) mass is 251 g/mol. The zero-order valence-corrected chi connectivity index (χ0v) is 11.4. The van der Waals surface area contributed by atoms with Crippen molar-refractivity contribution in [3.8, 4) is 5.75 Å². The summed E-state index contributed by atoms with van der Waals surface area (Å²) in [5.41, 5.74) is -0.145. The molecule has 0 radical (unpaired) electrons. The van der Waals surface area contributed by atoms with Crippen LogP contribution < -0.4 is 4.74 Å². The van der Waals surface area contributed by atoms with Gasteiger partial charge in [0.25, 0.3) is 0 Å². The molecule has 0 aliphatic carbocycles. The van der Waals surface area contributed by atoms with Crippen molar-refractivity contribution in [2.75, 3.05) is 27.2 Å². The van der Waals surface area contributed by atoms with E-state index in [0.29, 0.717) is 12.1 Å². The lowest BCUT2D eigenvalue weighted by molar-refractivity contribution is 0.0439. The maximum absolute atomic E-state index is 12.0. The Balaban J connectivity index is 2.59. The fraction of sp³-hybridized carbons (Fsp3) is 0.500. The van der Waals surface area contributed by atoms with E-state index in [1.165, 1.54) is 0 Å². The van der Waals surface area contributed by atoms with Crippen LogP contribution in [0.25, 0.3) is 0 Å². The molecule has 1 aromatic rings. The van der Waals surface area contributed by atoms with Crippen LogP contribution in [0.4, 0.5) is 0 Å². The van der Waals surface area contributed by atoms with E-state index in [1.54, 1.807) is 45.2 Å². The molecule has 0 aliphatic rings. The molecule has 0 aromatic heterocycles. The molecule has 4 heteroatoms. The minimum absolute atomic E-state index is 0.0319. The second-order valence-corrected chi connectivity index (χ2v) is 5.14. The van der Waals surface area contributed by atoms with Gasteiger partial charge in [-0.3, -0.25) is 9.69 Å². The third-order valence-corrected chi connectivity index (χ3v) is 2.48. The maximum atomic E-state index is 12.0. The number of hydrogen-bond donors (Lipinski definition) is 1. The van der Waals surface area contributed by atoms with Crippen molar-refractivity contribution in [1.29, 1.82) is 0 Å². The first kappa shape index (κ1) is 14.7. The fourth-order valence-electron chi connectivity index (χ4n) is 1.83. The summed E-state index contributed by atoms with van der Waals surface area (Å²) in [6, 6.07) is 7.03. The lowest BCUT2D eigenvalue weighted by Crippen LogP contribution is -2.38. The van der Waals surface area contributed by atoms with E-state index >= 15 is 0 Å². The van der Waals surface area contributed by atoms with Crippen LogP contribution in [0.15, 0.2) is 24.3 Å². The summed E-state index contributed by atoms with van der Waals surface area (Å²) in [5, 5.41) is 9.67. The normalized spacial score (nSPS) is 11.7. The van der Waals surface area contributed by atoms with Gasteiger partial charge >= 0.3 is 0 Å². The molecule has 0 saturated carbocycles. The van der Waals surface area contributed by atoms with E-state index in [2.05, 4.69) is 0 Å². The highest BCUT2D eigenvalue weighted by molar-refractivity contribution is 5.97. The molecule has 0 fully saturated rings. The topological polar surface area (TPSA) is 49.8 Å². The Bertz CT molecular complexity index is 392. The van der Waals surface area contributed by atoms with Gasteiger partial charge in [0.2, 0.25) is 0 Å². The number of likely N-dealkylation sites (N-methyl/N-ethyl adjacent to an activating group) is 1. The minimum Gasteiger partial charge on any atom is -0.497 e. The highest BCUT2D eigenvalue weighted by atomic mass is 16.5. The summed E-state index contributed by atoms with van der Waals surface area (Å²) in [4.78, 5) is 13.8. The molecule has 100 valence electrons. The lowest BCUT2D eigenvalue weighted by atomic mass is 10.1. The summed E-state index contributed by atoms with van der Waals surface area (Å²) in [6.07, 6.45) is 0. The number of carbonyl (C=O) groups is 1. The quantitative estimate of drug-likeness (QED) is 0.780. The zero-order chi connectivity index (χ0) is 13.8. The highest BCUT2D eigenvalue weighted by Gasteiger charge is 2.17. The van der Waals surface area contributed by atoms with E-state index in [9.17, 15) is 9.90 Å². The number of benzene rings is 1. The third-order valence-electron chi connectivity index (χ3n) is 2.48. The molecule has 0 saturated heterocycles. The molecular formula is C14H21NO3. The molecule has 1 aromatic carbocycles. The third kappa shape index (κ3) is 4.85. The molecule has 0 aliphatic heterocycles. The van der Waals surface area contributed by atoms with Gasteiger partial charge in [0, 0.05) is 12.1 Å². The molecule has 0 bridgehead atoms. The summed E-state index contributed by atoms with van der Waals surface area (Å²) in [7, 11) is 3.41. The van der Waals surface area contributed by atoms with Crippen LogP contribution in [-0.2, 0) is 0 Å². The molecular weight excluding hydrogens is 230 g/mol. The van der Waals surface area contributed by atoms with E-state index in [-0.39, 0.29) is 12.3 Å². The van der Waals surface area contributed by atoms with Gasteiger partial charge in [-0.25, -0.2) is 0 Å². The van der Waals surface area contributed by atoms with Crippen LogP contribution in [0.2, 0.25) is 0 Å². The Hall–Kier alpha value is -1.39. The Morgan fingerprint density at radius 3 is 2.33 bits per heavy atom. The average molecular weight is 251 g/mol. The summed E-state index contributed by atoms with van der Waals surface area (Å²) in [5.74, 6) is 0.765. The van der Waals surface area contributed by atoms with E-state index in [4.69, 9.17) is 4.74 Å². The number of rotatable bonds is 6. The van der Waals surface area contributed by atoms with Gasteiger partial charge in [0.1, 0.15) is 5.75 Å². The molecule has 0 heterocycles. The van der Waals surface area contributed by atoms with Gasteiger partial charge in [-0.1, -0.05) is 0 Å². The summed E-state index contributed by atoms with van der Waals surface area (Å²) >= 11 is 0. The van der Waals surface area contributed by atoms with Crippen molar-refractivity contribution >= 4 is 5.78 Å². The standard InChI is InChI=1S/C14H21NO3/c1-14(2,17)10-15(3)9-13(16)11-5-7-12(18-4)8-6-11/h5-8,17H,9-10H2,1-4H3. The smallest absolute Gasteiger partial charge is 0.176 e. The highest BCUT2D eigenvalue weighted by Crippen LogP contribution is 2.12. The number of methoxy groups -OCH3 is 1. The first-order chi connectivity index (χ1) is 8.31. The molecule has 18 heavy (non-hydrogen) atoms. The molecule has 0 unspecified atom stereocenters. The van der Waals surface area contributed by atoms with Gasteiger partial charge in [0.05, 0.1) is 19.3 Å². The van der Waals surface area contributed by atoms with Crippen LogP contribution in [0.5, 0.6) is 5.75 Å². The molecule has 1 N–H and O–H groups in total. The Morgan fingerprint density at radius 1 is 1.33 bits per heavy atom. The van der Waals surface area contributed by atoms with Crippen molar-refractivity contribution in [1.82, 2.24) is 4.90 Å². The second kappa shape index (κ2) is 5.98. The Labute approximate surface area is 108 Å². The van der Waals surface area contributed by atoms with Gasteiger partial charge in [-0.05, 0) is 45.2 Å². The van der Waals surface area contributed by atoms with Crippen LogP contribution in [0.3, 0.4) is 0 Å². The van der Waals surface area contributed by atoms with Crippen molar-refractivity contribution < 1.29 is 14.6 Å². The van der Waals surface area contributed by atoms with Crippen LogP contribution in [0, 0.1) is 0 Å². The number of aliphatic hydroxyl groups is 1. The zero-order valence-electron chi connectivity index (χ0n) is 11.4. The number of nitrogens with zero attached hydrogens (tertiary/aromatic N) is 1. The molecule has 1 rings (SSSR count). The molecule has 0 atom stereocenters. The SMILES string of the molecule is COc1ccc(C(=O)CN(C)CC(C)(C)O)cc1. The first-order valence-corrected chi connectivity index (χ1v) is 5.90. The molecule has 4 nitrogen and oxygen atoms in total. The predicted molar refractivity (Wildman–Crippen MR) is 71.1 cm³/mol. The van der Waals surface area contributed by atoms with E-state index in [1.807, 2.05) is 11.9 Å². The average Bonchev–Trinajstić information content (AvgIpc) is 2.26. The summed E-state index contributed by atoms with van der Waals surface area (Å²) < 4.78 is 5.04. The Kier molecular flexibility index (Phi) is 4.87. The first-order valence-electron chi connectivity index (χ1n) is 5.90. The van der Waals surface area contributed by atoms with Crippen molar-refractivity contribution in [3.05, 3.63) is 29.8 Å². The number of hydrogen-bond acceptors (Lipinski definition) is 4. The lowest BCUT2D eigenvalue weighted by Gasteiger charge is -2.24. The number of carbonyl (C=O) groups excluding carboxylic acids is 1.